The Kier molecular flexibility index (Phi) is 4.60. The Hall–Kier alpha value is -1.75. The van der Waals surface area contributed by atoms with E-state index in [1.54, 1.807) is 18.2 Å². The van der Waals surface area contributed by atoms with Crippen LogP contribution in [0.3, 0.4) is 0 Å². The van der Waals surface area contributed by atoms with Crippen molar-refractivity contribution in [1.29, 1.82) is 0 Å². The lowest BCUT2D eigenvalue weighted by molar-refractivity contribution is 0.0483. The highest BCUT2D eigenvalue weighted by atomic mass is 16.5. The number of methoxy groups -OCH3 is 1. The average molecular weight is 225 g/mol. The highest BCUT2D eigenvalue weighted by Gasteiger charge is 2.13. The van der Waals surface area contributed by atoms with Crippen LogP contribution < -0.4 is 10.5 Å². The molecule has 5 nitrogen and oxygen atoms in total. The van der Waals surface area contributed by atoms with E-state index in [2.05, 4.69) is 0 Å². The number of para-hydroxylation sites is 1. The molecule has 1 rings (SSSR count). The Balaban J connectivity index is 2.75. The highest BCUT2D eigenvalue weighted by Crippen LogP contribution is 2.25. The fraction of sp³-hybridized carbons (Fsp3) is 0.364. The van der Waals surface area contributed by atoms with Gasteiger partial charge in [0.2, 0.25) is 0 Å². The van der Waals surface area contributed by atoms with Crippen molar-refractivity contribution in [1.82, 2.24) is 0 Å². The Bertz CT molecular complexity index is 365. The number of ether oxygens (including phenoxy) is 2. The van der Waals surface area contributed by atoms with E-state index in [0.717, 1.165) is 0 Å². The summed E-state index contributed by atoms with van der Waals surface area (Å²) in [7, 11) is 1.48. The van der Waals surface area contributed by atoms with Gasteiger partial charge in [0.15, 0.2) is 0 Å². The highest BCUT2D eigenvalue weighted by molar-refractivity contribution is 5.96. The third-order valence-electron chi connectivity index (χ3n) is 2.04. The molecule has 0 aliphatic heterocycles. The number of hydrogen-bond acceptors (Lipinski definition) is 5. The molecule has 0 amide bonds. The van der Waals surface area contributed by atoms with Gasteiger partial charge in [-0.15, -0.1) is 0 Å². The summed E-state index contributed by atoms with van der Waals surface area (Å²) in [4.78, 5) is 11.6. The molecule has 0 saturated heterocycles. The number of esters is 1. The predicted molar refractivity (Wildman–Crippen MR) is 59.4 cm³/mol. The lowest BCUT2D eigenvalue weighted by Gasteiger charge is -2.09. The zero-order chi connectivity index (χ0) is 12.0. The van der Waals surface area contributed by atoms with Gasteiger partial charge in [0, 0.05) is 13.0 Å². The van der Waals surface area contributed by atoms with Crippen molar-refractivity contribution in [2.75, 3.05) is 26.1 Å². The first-order chi connectivity index (χ1) is 7.70. The molecule has 0 aliphatic rings. The van der Waals surface area contributed by atoms with E-state index in [1.165, 1.54) is 7.11 Å². The van der Waals surface area contributed by atoms with Gasteiger partial charge in [-0.3, -0.25) is 0 Å². The van der Waals surface area contributed by atoms with Gasteiger partial charge in [0.25, 0.3) is 0 Å². The van der Waals surface area contributed by atoms with Crippen molar-refractivity contribution in [3.63, 3.8) is 0 Å². The summed E-state index contributed by atoms with van der Waals surface area (Å²) in [5.74, 6) is -0.0681. The van der Waals surface area contributed by atoms with E-state index in [9.17, 15) is 4.79 Å². The molecule has 0 atom stereocenters. The molecule has 0 radical (unpaired) electrons. The number of nitrogens with two attached hydrogens (primary N) is 1. The molecular formula is C11H15NO4. The minimum absolute atomic E-state index is 0.0130. The minimum Gasteiger partial charge on any atom is -0.495 e. The normalized spacial score (nSPS) is 9.88. The largest absolute Gasteiger partial charge is 0.495 e. The van der Waals surface area contributed by atoms with Crippen LogP contribution in [0.2, 0.25) is 0 Å². The molecule has 0 aromatic heterocycles. The Labute approximate surface area is 93.8 Å². The summed E-state index contributed by atoms with van der Waals surface area (Å²) >= 11 is 0. The second-order valence-electron chi connectivity index (χ2n) is 3.13. The van der Waals surface area contributed by atoms with E-state index >= 15 is 0 Å². The van der Waals surface area contributed by atoms with Crippen LogP contribution >= 0.6 is 0 Å². The molecule has 3 N–H and O–H groups in total. The van der Waals surface area contributed by atoms with Crippen LogP contribution in [-0.2, 0) is 4.74 Å². The van der Waals surface area contributed by atoms with Gasteiger partial charge in [0.05, 0.1) is 25.0 Å². The van der Waals surface area contributed by atoms with Crippen LogP contribution in [0, 0.1) is 0 Å². The number of nitrogen functional groups attached to an aromatic ring is 1. The first kappa shape index (κ1) is 12.3. The molecule has 0 fully saturated rings. The maximum atomic E-state index is 11.6. The maximum absolute atomic E-state index is 11.6. The molecule has 16 heavy (non-hydrogen) atoms. The fourth-order valence-corrected chi connectivity index (χ4v) is 1.21. The quantitative estimate of drug-likeness (QED) is 0.440. The molecule has 0 saturated carbocycles. The number of rotatable bonds is 5. The first-order valence-electron chi connectivity index (χ1n) is 4.91. The van der Waals surface area contributed by atoms with E-state index in [-0.39, 0.29) is 24.5 Å². The van der Waals surface area contributed by atoms with Crippen molar-refractivity contribution in [2.45, 2.75) is 6.42 Å². The van der Waals surface area contributed by atoms with Crippen molar-refractivity contribution >= 4 is 11.7 Å². The third-order valence-corrected chi connectivity index (χ3v) is 2.04. The second kappa shape index (κ2) is 5.97. The number of aliphatic hydroxyl groups is 1. The number of carbonyl (C=O) groups excluding carboxylic acids is 1. The predicted octanol–water partition coefficient (Wildman–Crippen LogP) is 0.817. The van der Waals surface area contributed by atoms with Crippen molar-refractivity contribution in [2.24, 2.45) is 0 Å². The average Bonchev–Trinajstić information content (AvgIpc) is 2.29. The van der Waals surface area contributed by atoms with E-state index in [1.807, 2.05) is 0 Å². The zero-order valence-electron chi connectivity index (χ0n) is 9.10. The zero-order valence-corrected chi connectivity index (χ0v) is 9.10. The summed E-state index contributed by atoms with van der Waals surface area (Å²) in [6, 6.07) is 4.90. The summed E-state index contributed by atoms with van der Waals surface area (Å²) in [6.45, 7) is 0.160. The standard InChI is InChI=1S/C11H15NO4/c1-15-9-5-2-4-8(10(9)12)11(14)16-7-3-6-13/h2,4-5,13H,3,6-7,12H2,1H3. The van der Waals surface area contributed by atoms with Gasteiger partial charge in [-0.05, 0) is 12.1 Å². The number of anilines is 1. The van der Waals surface area contributed by atoms with Crippen LogP contribution in [0.15, 0.2) is 18.2 Å². The molecule has 5 heteroatoms. The molecule has 0 bridgehead atoms. The van der Waals surface area contributed by atoms with Gasteiger partial charge in [-0.25, -0.2) is 4.79 Å². The summed E-state index contributed by atoms with van der Waals surface area (Å²) < 4.78 is 9.90. The minimum atomic E-state index is -0.509. The molecular weight excluding hydrogens is 210 g/mol. The van der Waals surface area contributed by atoms with Crippen LogP contribution in [0.4, 0.5) is 5.69 Å². The SMILES string of the molecule is COc1cccc(C(=O)OCCCO)c1N. The second-order valence-corrected chi connectivity index (χ2v) is 3.13. The molecule has 0 heterocycles. The van der Waals surface area contributed by atoms with Gasteiger partial charge >= 0.3 is 5.97 Å². The molecule has 0 unspecified atom stereocenters. The number of carbonyl (C=O) groups is 1. The van der Waals surface area contributed by atoms with E-state index in [4.69, 9.17) is 20.3 Å². The summed E-state index contributed by atoms with van der Waals surface area (Å²) in [6.07, 6.45) is 0.412. The number of hydrogen-bond donors (Lipinski definition) is 2. The van der Waals surface area contributed by atoms with Crippen molar-refractivity contribution in [3.05, 3.63) is 23.8 Å². The topological polar surface area (TPSA) is 81.8 Å². The van der Waals surface area contributed by atoms with Crippen LogP contribution in [0.1, 0.15) is 16.8 Å². The molecule has 1 aromatic carbocycles. The lowest BCUT2D eigenvalue weighted by atomic mass is 10.1. The maximum Gasteiger partial charge on any atom is 0.340 e. The van der Waals surface area contributed by atoms with Crippen LogP contribution in [-0.4, -0.2) is 31.4 Å². The Morgan fingerprint density at radius 3 is 2.88 bits per heavy atom. The van der Waals surface area contributed by atoms with Crippen molar-refractivity contribution < 1.29 is 19.4 Å². The molecule has 88 valence electrons. The van der Waals surface area contributed by atoms with Crippen LogP contribution in [0.5, 0.6) is 5.75 Å². The van der Waals surface area contributed by atoms with Crippen LogP contribution in [0.25, 0.3) is 0 Å². The first-order valence-corrected chi connectivity index (χ1v) is 4.91. The Morgan fingerprint density at radius 2 is 2.25 bits per heavy atom. The molecule has 1 aromatic rings. The van der Waals surface area contributed by atoms with E-state index < -0.39 is 5.97 Å². The van der Waals surface area contributed by atoms with Crippen molar-refractivity contribution in [3.8, 4) is 5.75 Å². The fourth-order valence-electron chi connectivity index (χ4n) is 1.21. The number of aliphatic hydroxyl groups excluding tert-OH is 1. The van der Waals surface area contributed by atoms with Gasteiger partial charge < -0.3 is 20.3 Å². The third kappa shape index (κ3) is 2.87. The monoisotopic (exact) mass is 225 g/mol. The summed E-state index contributed by atoms with van der Waals surface area (Å²) in [5, 5.41) is 8.55. The Morgan fingerprint density at radius 1 is 1.50 bits per heavy atom. The van der Waals surface area contributed by atoms with Gasteiger partial charge in [-0.2, -0.15) is 0 Å². The lowest BCUT2D eigenvalue weighted by Crippen LogP contribution is -2.10. The summed E-state index contributed by atoms with van der Waals surface area (Å²) in [5.41, 5.74) is 6.26. The van der Waals surface area contributed by atoms with Gasteiger partial charge in [-0.1, -0.05) is 6.07 Å². The molecule has 0 aliphatic carbocycles. The molecule has 0 spiro atoms. The van der Waals surface area contributed by atoms with E-state index in [0.29, 0.717) is 12.2 Å². The smallest absolute Gasteiger partial charge is 0.340 e. The number of benzene rings is 1. The van der Waals surface area contributed by atoms with Gasteiger partial charge in [0.1, 0.15) is 5.75 Å².